The van der Waals surface area contributed by atoms with E-state index >= 15 is 0 Å². The molecule has 0 aliphatic rings. The summed E-state index contributed by atoms with van der Waals surface area (Å²) in [6.07, 6.45) is 4.23. The van der Waals surface area contributed by atoms with Crippen LogP contribution in [0.2, 0.25) is 0 Å². The molecule has 0 unspecified atom stereocenters. The number of nitrogens with two attached hydrogens (primary N) is 1. The number of carbonyl (C=O) groups excluding carboxylic acids is 1. The van der Waals surface area contributed by atoms with E-state index < -0.39 is 0 Å². The summed E-state index contributed by atoms with van der Waals surface area (Å²) >= 11 is 0. The summed E-state index contributed by atoms with van der Waals surface area (Å²) in [7, 11) is 0. The Morgan fingerprint density at radius 2 is 2.25 bits per heavy atom. The summed E-state index contributed by atoms with van der Waals surface area (Å²) in [6.45, 7) is 5.03. The maximum atomic E-state index is 11.6. The van der Waals surface area contributed by atoms with Crippen LogP contribution in [0.5, 0.6) is 0 Å². The van der Waals surface area contributed by atoms with Crippen molar-refractivity contribution in [2.24, 2.45) is 16.6 Å². The zero-order valence-corrected chi connectivity index (χ0v) is 14.1. The molecule has 0 spiro atoms. The Labute approximate surface area is 136 Å². The van der Waals surface area contributed by atoms with Crippen LogP contribution < -0.4 is 16.4 Å². The van der Waals surface area contributed by atoms with Crippen LogP contribution in [0.25, 0.3) is 0 Å². The van der Waals surface area contributed by atoms with E-state index in [0.717, 1.165) is 13.0 Å². The lowest BCUT2D eigenvalue weighted by Gasteiger charge is -2.07. The lowest BCUT2D eigenvalue weighted by Crippen LogP contribution is -2.34. The van der Waals surface area contributed by atoms with Crippen molar-refractivity contribution < 1.29 is 4.79 Å². The van der Waals surface area contributed by atoms with Crippen molar-refractivity contribution in [1.29, 1.82) is 0 Å². The average Bonchev–Trinajstić information content (AvgIpc) is 2.37. The second kappa shape index (κ2) is 10.4. The van der Waals surface area contributed by atoms with Crippen molar-refractivity contribution in [2.75, 3.05) is 18.4 Å². The molecule has 0 fully saturated rings. The van der Waals surface area contributed by atoms with Gasteiger partial charge in [-0.1, -0.05) is 13.8 Å². The molecule has 6 nitrogen and oxygen atoms in total. The Morgan fingerprint density at radius 3 is 2.85 bits per heavy atom. The van der Waals surface area contributed by atoms with E-state index in [1.54, 1.807) is 24.5 Å². The molecule has 112 valence electrons. The molecular formula is C13H22IN5O. The first-order valence-corrected chi connectivity index (χ1v) is 6.31. The number of carbonyl (C=O) groups is 1. The van der Waals surface area contributed by atoms with Crippen LogP contribution in [-0.2, 0) is 4.79 Å². The molecule has 0 saturated heterocycles. The van der Waals surface area contributed by atoms with Gasteiger partial charge in [0, 0.05) is 12.7 Å². The second-order valence-corrected chi connectivity index (χ2v) is 4.60. The van der Waals surface area contributed by atoms with E-state index in [9.17, 15) is 4.79 Å². The highest BCUT2D eigenvalue weighted by atomic mass is 127. The fourth-order valence-electron chi connectivity index (χ4n) is 1.34. The van der Waals surface area contributed by atoms with Crippen molar-refractivity contribution in [2.45, 2.75) is 20.3 Å². The van der Waals surface area contributed by atoms with Crippen molar-refractivity contribution in [3.63, 3.8) is 0 Å². The quantitative estimate of drug-likeness (QED) is 0.390. The smallest absolute Gasteiger partial charge is 0.246 e. The van der Waals surface area contributed by atoms with Crippen LogP contribution >= 0.6 is 24.0 Å². The summed E-state index contributed by atoms with van der Waals surface area (Å²) < 4.78 is 0. The predicted molar refractivity (Wildman–Crippen MR) is 92.2 cm³/mol. The molecule has 0 bridgehead atoms. The van der Waals surface area contributed by atoms with Crippen LogP contribution in [0.15, 0.2) is 29.5 Å². The van der Waals surface area contributed by atoms with Crippen molar-refractivity contribution in [3.8, 4) is 0 Å². The molecule has 0 atom stereocenters. The Balaban J connectivity index is 0.00000361. The molecule has 0 aromatic carbocycles. The molecule has 1 aromatic rings. The molecule has 0 aliphatic carbocycles. The highest BCUT2D eigenvalue weighted by Crippen LogP contribution is 2.01. The fraction of sp³-hybridized carbons (Fsp3) is 0.462. The number of hydrogen-bond acceptors (Lipinski definition) is 3. The Kier molecular flexibility index (Phi) is 9.69. The van der Waals surface area contributed by atoms with Gasteiger partial charge in [0.2, 0.25) is 5.91 Å². The number of nitrogens with zero attached hydrogens (tertiary/aromatic N) is 2. The SMILES string of the molecule is CC(C)CCNC(N)=NCC(=O)Nc1cccnc1.I. The minimum Gasteiger partial charge on any atom is -0.370 e. The number of aliphatic imine (C=N–C) groups is 1. The molecular weight excluding hydrogens is 369 g/mol. The van der Waals surface area contributed by atoms with E-state index in [0.29, 0.717) is 17.6 Å². The normalized spacial score (nSPS) is 10.8. The van der Waals surface area contributed by atoms with Gasteiger partial charge >= 0.3 is 0 Å². The van der Waals surface area contributed by atoms with E-state index in [-0.39, 0.29) is 36.4 Å². The topological polar surface area (TPSA) is 92.4 Å². The van der Waals surface area contributed by atoms with Gasteiger partial charge in [0.1, 0.15) is 6.54 Å². The molecule has 1 heterocycles. The third kappa shape index (κ3) is 8.68. The van der Waals surface area contributed by atoms with Gasteiger partial charge in [0.15, 0.2) is 5.96 Å². The summed E-state index contributed by atoms with van der Waals surface area (Å²) in [4.78, 5) is 19.4. The number of rotatable bonds is 6. The number of halogens is 1. The highest BCUT2D eigenvalue weighted by Gasteiger charge is 2.01. The van der Waals surface area contributed by atoms with Crippen LogP contribution in [0.4, 0.5) is 5.69 Å². The highest BCUT2D eigenvalue weighted by molar-refractivity contribution is 14.0. The molecule has 0 radical (unpaired) electrons. The van der Waals surface area contributed by atoms with Crippen molar-refractivity contribution in [3.05, 3.63) is 24.5 Å². The summed E-state index contributed by atoms with van der Waals surface area (Å²) in [5.74, 6) is 0.678. The molecule has 0 saturated carbocycles. The number of amides is 1. The minimum absolute atomic E-state index is 0. The molecule has 1 amide bonds. The lowest BCUT2D eigenvalue weighted by atomic mass is 10.1. The Hall–Kier alpha value is -1.38. The number of aromatic nitrogens is 1. The first-order valence-electron chi connectivity index (χ1n) is 6.31. The largest absolute Gasteiger partial charge is 0.370 e. The molecule has 4 N–H and O–H groups in total. The van der Waals surface area contributed by atoms with E-state index in [4.69, 9.17) is 5.73 Å². The maximum Gasteiger partial charge on any atom is 0.246 e. The molecule has 20 heavy (non-hydrogen) atoms. The summed E-state index contributed by atoms with van der Waals surface area (Å²) in [5.41, 5.74) is 6.30. The van der Waals surface area contributed by atoms with Crippen LogP contribution in [0, 0.1) is 5.92 Å². The van der Waals surface area contributed by atoms with Crippen LogP contribution in [0.3, 0.4) is 0 Å². The van der Waals surface area contributed by atoms with Crippen LogP contribution in [-0.4, -0.2) is 29.9 Å². The van der Waals surface area contributed by atoms with Gasteiger partial charge in [0.05, 0.1) is 11.9 Å². The monoisotopic (exact) mass is 391 g/mol. The Bertz CT molecular complexity index is 422. The molecule has 7 heteroatoms. The minimum atomic E-state index is -0.221. The number of anilines is 1. The van der Waals surface area contributed by atoms with Gasteiger partial charge in [-0.25, -0.2) is 4.99 Å². The zero-order chi connectivity index (χ0) is 14.1. The summed E-state index contributed by atoms with van der Waals surface area (Å²) in [5, 5.41) is 5.65. The number of nitrogens with one attached hydrogen (secondary N) is 2. The molecule has 0 aliphatic heterocycles. The standard InChI is InChI=1S/C13H21N5O.HI/c1-10(2)5-7-16-13(14)17-9-12(19)18-11-4-3-6-15-8-11;/h3-4,6,8,10H,5,7,9H2,1-2H3,(H,18,19)(H3,14,16,17);1H. The Morgan fingerprint density at radius 1 is 1.50 bits per heavy atom. The van der Waals surface area contributed by atoms with Crippen molar-refractivity contribution >= 4 is 41.5 Å². The van der Waals surface area contributed by atoms with Gasteiger partial charge in [0.25, 0.3) is 0 Å². The van der Waals surface area contributed by atoms with E-state index in [2.05, 4.69) is 34.5 Å². The predicted octanol–water partition coefficient (Wildman–Crippen LogP) is 1.59. The van der Waals surface area contributed by atoms with Gasteiger partial charge in [-0.2, -0.15) is 0 Å². The number of hydrogen-bond donors (Lipinski definition) is 3. The first-order chi connectivity index (χ1) is 9.08. The number of guanidine groups is 1. The van der Waals surface area contributed by atoms with Gasteiger partial charge in [-0.15, -0.1) is 24.0 Å². The fourth-order valence-corrected chi connectivity index (χ4v) is 1.34. The maximum absolute atomic E-state index is 11.6. The third-order valence-electron chi connectivity index (χ3n) is 2.37. The van der Waals surface area contributed by atoms with E-state index in [1.165, 1.54) is 0 Å². The number of pyridine rings is 1. The van der Waals surface area contributed by atoms with Crippen LogP contribution in [0.1, 0.15) is 20.3 Å². The van der Waals surface area contributed by atoms with Crippen molar-refractivity contribution in [1.82, 2.24) is 10.3 Å². The molecule has 1 rings (SSSR count). The zero-order valence-electron chi connectivity index (χ0n) is 11.8. The lowest BCUT2D eigenvalue weighted by molar-refractivity contribution is -0.114. The van der Waals surface area contributed by atoms with Gasteiger partial charge in [-0.05, 0) is 24.5 Å². The third-order valence-corrected chi connectivity index (χ3v) is 2.37. The second-order valence-electron chi connectivity index (χ2n) is 4.60. The van der Waals surface area contributed by atoms with E-state index in [1.807, 2.05) is 0 Å². The first kappa shape index (κ1) is 18.6. The van der Waals surface area contributed by atoms with Gasteiger partial charge < -0.3 is 16.4 Å². The average molecular weight is 391 g/mol. The summed E-state index contributed by atoms with van der Waals surface area (Å²) in [6, 6.07) is 3.51. The van der Waals surface area contributed by atoms with Gasteiger partial charge in [-0.3, -0.25) is 9.78 Å². The molecule has 1 aromatic heterocycles.